The predicted molar refractivity (Wildman–Crippen MR) is 102 cm³/mol. The van der Waals surface area contributed by atoms with Gasteiger partial charge in [-0.05, 0) is 30.3 Å². The highest BCUT2D eigenvalue weighted by Crippen LogP contribution is 2.26. The molecule has 4 aromatic rings. The highest BCUT2D eigenvalue weighted by Gasteiger charge is 2.12. The molecule has 2 amide bonds. The Bertz CT molecular complexity index is 1210. The summed E-state index contributed by atoms with van der Waals surface area (Å²) in [6.07, 6.45) is 1.37. The first-order chi connectivity index (χ1) is 13.6. The molecule has 0 unspecified atom stereocenters. The molecule has 7 nitrogen and oxygen atoms in total. The molecule has 28 heavy (non-hydrogen) atoms. The van der Waals surface area contributed by atoms with E-state index in [9.17, 15) is 9.18 Å². The molecule has 0 spiro atoms. The second-order valence-corrected chi connectivity index (χ2v) is 5.91. The molecule has 0 saturated heterocycles. The summed E-state index contributed by atoms with van der Waals surface area (Å²) in [5.41, 5.74) is 2.58. The summed E-state index contributed by atoms with van der Waals surface area (Å²) in [4.78, 5) is 16.4. The van der Waals surface area contributed by atoms with Crippen LogP contribution in [-0.2, 0) is 0 Å². The molecule has 2 aromatic carbocycles. The Morgan fingerprint density at radius 3 is 2.57 bits per heavy atom. The van der Waals surface area contributed by atoms with E-state index in [1.807, 2.05) is 18.2 Å². The Hall–Kier alpha value is -4.25. The molecule has 0 aliphatic rings. The van der Waals surface area contributed by atoms with Crippen molar-refractivity contribution in [2.24, 2.45) is 0 Å². The fourth-order valence-electron chi connectivity index (χ4n) is 2.78. The van der Waals surface area contributed by atoms with Crippen LogP contribution >= 0.6 is 0 Å². The van der Waals surface area contributed by atoms with E-state index in [0.717, 1.165) is 0 Å². The first-order valence-corrected chi connectivity index (χ1v) is 8.31. The maximum atomic E-state index is 14.1. The van der Waals surface area contributed by atoms with Gasteiger partial charge in [0, 0.05) is 23.0 Å². The molecule has 2 heterocycles. The summed E-state index contributed by atoms with van der Waals surface area (Å²) in [5, 5.41) is 18.5. The average molecular weight is 372 g/mol. The summed E-state index contributed by atoms with van der Waals surface area (Å²) in [6.45, 7) is 0. The van der Waals surface area contributed by atoms with Gasteiger partial charge in [0.25, 0.3) is 0 Å². The van der Waals surface area contributed by atoms with E-state index >= 15 is 0 Å². The maximum absolute atomic E-state index is 14.1. The maximum Gasteiger partial charge on any atom is 0.323 e. The van der Waals surface area contributed by atoms with Crippen molar-refractivity contribution < 1.29 is 9.18 Å². The van der Waals surface area contributed by atoms with Crippen molar-refractivity contribution in [3.8, 4) is 17.3 Å². The van der Waals surface area contributed by atoms with Gasteiger partial charge in [-0.25, -0.2) is 18.7 Å². The van der Waals surface area contributed by atoms with Gasteiger partial charge in [-0.2, -0.15) is 10.4 Å². The van der Waals surface area contributed by atoms with Crippen molar-refractivity contribution >= 4 is 23.1 Å². The third-order valence-electron chi connectivity index (χ3n) is 4.05. The molecule has 0 radical (unpaired) electrons. The molecule has 136 valence electrons. The number of aromatic nitrogens is 3. The summed E-state index contributed by atoms with van der Waals surface area (Å²) in [7, 11) is 0. The summed E-state index contributed by atoms with van der Waals surface area (Å²) < 4.78 is 15.6. The number of halogens is 1. The second-order valence-electron chi connectivity index (χ2n) is 5.91. The number of carbonyl (C=O) groups is 1. The van der Waals surface area contributed by atoms with Crippen LogP contribution in [0.3, 0.4) is 0 Å². The molecule has 2 N–H and O–H groups in total. The standard InChI is InChI=1S/C20H13FN6O/c21-17-8-13(6-7-14(17)11-22)18-9-16(10-19-23-12-24-27(18)19)26-20(28)25-15-4-2-1-3-5-15/h1-10,12H,(H2,25,26,28). The van der Waals surface area contributed by atoms with Crippen LogP contribution < -0.4 is 10.6 Å². The van der Waals surface area contributed by atoms with Gasteiger partial charge in [0.15, 0.2) is 5.65 Å². The number of carbonyl (C=O) groups excluding carboxylic acids is 1. The Morgan fingerprint density at radius 1 is 1.04 bits per heavy atom. The number of hydrogen-bond acceptors (Lipinski definition) is 4. The van der Waals surface area contributed by atoms with Crippen LogP contribution in [0.15, 0.2) is 67.0 Å². The summed E-state index contributed by atoms with van der Waals surface area (Å²) in [5.74, 6) is -0.631. The number of nitriles is 1. The van der Waals surface area contributed by atoms with Gasteiger partial charge in [-0.15, -0.1) is 0 Å². The summed E-state index contributed by atoms with van der Waals surface area (Å²) in [6, 6.07) is 18.0. The van der Waals surface area contributed by atoms with Gasteiger partial charge in [0.05, 0.1) is 11.3 Å². The molecule has 8 heteroatoms. The molecule has 2 aromatic heterocycles. The minimum absolute atomic E-state index is 0.0462. The third kappa shape index (κ3) is 3.37. The fraction of sp³-hybridized carbons (Fsp3) is 0. The van der Waals surface area contributed by atoms with Crippen molar-refractivity contribution in [3.63, 3.8) is 0 Å². The molecule has 0 saturated carbocycles. The van der Waals surface area contributed by atoms with Gasteiger partial charge in [-0.1, -0.05) is 24.3 Å². The lowest BCUT2D eigenvalue weighted by molar-refractivity contribution is 0.262. The zero-order valence-electron chi connectivity index (χ0n) is 14.4. The highest BCUT2D eigenvalue weighted by molar-refractivity contribution is 6.00. The van der Waals surface area contributed by atoms with Gasteiger partial charge in [-0.3, -0.25) is 0 Å². The number of fused-ring (bicyclic) bond motifs is 1. The lowest BCUT2D eigenvalue weighted by Gasteiger charge is -2.11. The van der Waals surface area contributed by atoms with Gasteiger partial charge < -0.3 is 10.6 Å². The number of para-hydroxylation sites is 1. The minimum atomic E-state index is -0.631. The first kappa shape index (κ1) is 17.2. The fourth-order valence-corrected chi connectivity index (χ4v) is 2.78. The normalized spacial score (nSPS) is 10.4. The predicted octanol–water partition coefficient (Wildman–Crippen LogP) is 4.05. The third-order valence-corrected chi connectivity index (χ3v) is 4.05. The SMILES string of the molecule is N#Cc1ccc(-c2cc(NC(=O)Nc3ccccc3)cc3ncnn23)cc1F. The van der Waals surface area contributed by atoms with E-state index < -0.39 is 11.8 Å². The molecule has 0 bridgehead atoms. The summed E-state index contributed by atoms with van der Waals surface area (Å²) >= 11 is 0. The van der Waals surface area contributed by atoms with E-state index in [4.69, 9.17) is 5.26 Å². The molecule has 0 fully saturated rings. The van der Waals surface area contributed by atoms with Crippen LogP contribution in [0, 0.1) is 17.1 Å². The number of amides is 2. The number of pyridine rings is 1. The smallest absolute Gasteiger partial charge is 0.308 e. The molecular weight excluding hydrogens is 359 g/mol. The quantitative estimate of drug-likeness (QED) is 0.567. The lowest BCUT2D eigenvalue weighted by atomic mass is 10.1. The molecule has 0 aliphatic heterocycles. The Labute approximate surface area is 159 Å². The zero-order valence-corrected chi connectivity index (χ0v) is 14.4. The van der Waals surface area contributed by atoms with Crippen LogP contribution in [0.4, 0.5) is 20.6 Å². The van der Waals surface area contributed by atoms with Crippen molar-refractivity contribution in [3.05, 3.63) is 78.4 Å². The van der Waals surface area contributed by atoms with Crippen LogP contribution in [0.5, 0.6) is 0 Å². The van der Waals surface area contributed by atoms with Crippen LogP contribution in [-0.4, -0.2) is 20.6 Å². The van der Waals surface area contributed by atoms with E-state index in [2.05, 4.69) is 20.7 Å². The van der Waals surface area contributed by atoms with Gasteiger partial charge in [0.2, 0.25) is 0 Å². The second kappa shape index (κ2) is 7.17. The number of benzene rings is 2. The van der Waals surface area contributed by atoms with E-state index in [1.54, 1.807) is 36.4 Å². The van der Waals surface area contributed by atoms with Gasteiger partial charge >= 0.3 is 6.03 Å². The van der Waals surface area contributed by atoms with Crippen LogP contribution in [0.25, 0.3) is 16.9 Å². The number of anilines is 2. The topological polar surface area (TPSA) is 95.1 Å². The van der Waals surface area contributed by atoms with Crippen LogP contribution in [0.2, 0.25) is 0 Å². The average Bonchev–Trinajstić information content (AvgIpc) is 3.16. The van der Waals surface area contributed by atoms with Crippen LogP contribution in [0.1, 0.15) is 5.56 Å². The molecule has 0 aliphatic carbocycles. The highest BCUT2D eigenvalue weighted by atomic mass is 19.1. The molecule has 4 rings (SSSR count). The number of nitrogens with one attached hydrogen (secondary N) is 2. The van der Waals surface area contributed by atoms with E-state index in [1.165, 1.54) is 23.0 Å². The Morgan fingerprint density at radius 2 is 1.82 bits per heavy atom. The monoisotopic (exact) mass is 372 g/mol. The van der Waals surface area contributed by atoms with Crippen molar-refractivity contribution in [2.45, 2.75) is 0 Å². The van der Waals surface area contributed by atoms with Crippen molar-refractivity contribution in [1.29, 1.82) is 5.26 Å². The number of hydrogen-bond donors (Lipinski definition) is 2. The van der Waals surface area contributed by atoms with E-state index in [-0.39, 0.29) is 5.56 Å². The van der Waals surface area contributed by atoms with Crippen molar-refractivity contribution in [2.75, 3.05) is 10.6 Å². The number of urea groups is 1. The molecular formula is C20H13FN6O. The van der Waals surface area contributed by atoms with Crippen molar-refractivity contribution in [1.82, 2.24) is 14.6 Å². The Balaban J connectivity index is 1.68. The Kier molecular flexibility index (Phi) is 4.40. The first-order valence-electron chi connectivity index (χ1n) is 8.31. The number of rotatable bonds is 3. The number of nitrogens with zero attached hydrogens (tertiary/aromatic N) is 4. The van der Waals surface area contributed by atoms with E-state index in [0.29, 0.717) is 28.3 Å². The lowest BCUT2D eigenvalue weighted by Crippen LogP contribution is -2.19. The zero-order chi connectivity index (χ0) is 19.5. The minimum Gasteiger partial charge on any atom is -0.308 e. The largest absolute Gasteiger partial charge is 0.323 e. The van der Waals surface area contributed by atoms with Gasteiger partial charge in [0.1, 0.15) is 18.2 Å². The molecule has 0 atom stereocenters.